The lowest BCUT2D eigenvalue weighted by atomic mass is 9.87. The van der Waals surface area contributed by atoms with Crippen LogP contribution in [0, 0.1) is 0 Å². The van der Waals surface area contributed by atoms with Gasteiger partial charge in [0.2, 0.25) is 0 Å². The van der Waals surface area contributed by atoms with Crippen LogP contribution in [0.15, 0.2) is 54.6 Å². The van der Waals surface area contributed by atoms with Crippen LogP contribution in [-0.4, -0.2) is 12.0 Å². The van der Waals surface area contributed by atoms with E-state index in [4.69, 9.17) is 4.74 Å². The first-order valence-corrected chi connectivity index (χ1v) is 7.95. The number of ether oxygens (including phenoxy) is 1. The van der Waals surface area contributed by atoms with Gasteiger partial charge in [0.1, 0.15) is 5.75 Å². The Morgan fingerprint density at radius 2 is 1.65 bits per heavy atom. The molecule has 0 saturated carbocycles. The van der Waals surface area contributed by atoms with Gasteiger partial charge in [-0.1, -0.05) is 63.2 Å². The molecule has 0 heterocycles. The second-order valence-electron chi connectivity index (χ2n) is 6.74. The van der Waals surface area contributed by atoms with Crippen molar-refractivity contribution >= 4 is 5.91 Å². The Hall–Kier alpha value is -2.29. The molecule has 0 aromatic heterocycles. The van der Waals surface area contributed by atoms with Crippen molar-refractivity contribution in [3.63, 3.8) is 0 Å². The van der Waals surface area contributed by atoms with Crippen molar-refractivity contribution in [2.75, 3.05) is 0 Å². The predicted octanol–water partition coefficient (Wildman–Crippen LogP) is 4.07. The molecule has 2 aromatic rings. The van der Waals surface area contributed by atoms with Gasteiger partial charge in [-0.25, -0.2) is 0 Å². The third kappa shape index (κ3) is 5.13. The topological polar surface area (TPSA) is 38.3 Å². The zero-order valence-electron chi connectivity index (χ0n) is 14.3. The standard InChI is InChI=1S/C20H25NO2/c1-15(19(22)21-14-16-8-6-5-7-9-16)23-18-12-10-17(11-13-18)20(2,3)4/h5-13,15H,14H2,1-4H3,(H,21,22). The summed E-state index contributed by atoms with van der Waals surface area (Å²) in [7, 11) is 0. The SMILES string of the molecule is CC(Oc1ccc(C(C)(C)C)cc1)C(=O)NCc1ccccc1. The zero-order valence-corrected chi connectivity index (χ0v) is 14.3. The lowest BCUT2D eigenvalue weighted by Gasteiger charge is -2.20. The van der Waals surface area contributed by atoms with Crippen molar-refractivity contribution in [3.8, 4) is 5.75 Å². The van der Waals surface area contributed by atoms with Crippen molar-refractivity contribution in [1.82, 2.24) is 5.32 Å². The fraction of sp³-hybridized carbons (Fsp3) is 0.350. The van der Waals surface area contributed by atoms with E-state index in [0.29, 0.717) is 12.3 Å². The number of hydrogen-bond donors (Lipinski definition) is 1. The Labute approximate surface area is 138 Å². The molecule has 3 nitrogen and oxygen atoms in total. The molecule has 23 heavy (non-hydrogen) atoms. The minimum atomic E-state index is -0.529. The summed E-state index contributed by atoms with van der Waals surface area (Å²) in [5, 5.41) is 2.89. The highest BCUT2D eigenvalue weighted by molar-refractivity contribution is 5.80. The largest absolute Gasteiger partial charge is 0.481 e. The maximum atomic E-state index is 12.1. The van der Waals surface area contributed by atoms with Crippen molar-refractivity contribution in [2.45, 2.75) is 45.8 Å². The number of benzene rings is 2. The van der Waals surface area contributed by atoms with Gasteiger partial charge in [0.05, 0.1) is 0 Å². The van der Waals surface area contributed by atoms with E-state index in [2.05, 4.69) is 26.1 Å². The van der Waals surface area contributed by atoms with E-state index in [1.54, 1.807) is 6.92 Å². The highest BCUT2D eigenvalue weighted by atomic mass is 16.5. The van der Waals surface area contributed by atoms with Crippen LogP contribution >= 0.6 is 0 Å². The first-order valence-electron chi connectivity index (χ1n) is 7.95. The van der Waals surface area contributed by atoms with Gasteiger partial charge >= 0.3 is 0 Å². The fourth-order valence-corrected chi connectivity index (χ4v) is 2.22. The van der Waals surface area contributed by atoms with Crippen molar-refractivity contribution in [2.24, 2.45) is 0 Å². The molecular weight excluding hydrogens is 286 g/mol. The molecule has 2 rings (SSSR count). The van der Waals surface area contributed by atoms with Gasteiger partial charge in [0.15, 0.2) is 6.10 Å². The van der Waals surface area contributed by atoms with Crippen LogP contribution in [-0.2, 0) is 16.8 Å². The van der Waals surface area contributed by atoms with E-state index in [9.17, 15) is 4.79 Å². The van der Waals surface area contributed by atoms with Crippen LogP contribution in [0.1, 0.15) is 38.8 Å². The third-order valence-corrected chi connectivity index (χ3v) is 3.71. The Balaban J connectivity index is 1.88. The van der Waals surface area contributed by atoms with E-state index < -0.39 is 6.10 Å². The minimum Gasteiger partial charge on any atom is -0.481 e. The Morgan fingerprint density at radius 3 is 2.22 bits per heavy atom. The van der Waals surface area contributed by atoms with Crippen LogP contribution in [0.4, 0.5) is 0 Å². The van der Waals surface area contributed by atoms with Gasteiger partial charge < -0.3 is 10.1 Å². The average molecular weight is 311 g/mol. The van der Waals surface area contributed by atoms with Gasteiger partial charge in [0.25, 0.3) is 5.91 Å². The van der Waals surface area contributed by atoms with Crippen molar-refractivity contribution in [3.05, 3.63) is 65.7 Å². The average Bonchev–Trinajstić information content (AvgIpc) is 2.53. The summed E-state index contributed by atoms with van der Waals surface area (Å²) in [6.45, 7) is 8.78. The normalized spacial score (nSPS) is 12.5. The summed E-state index contributed by atoms with van der Waals surface area (Å²) in [5.74, 6) is 0.592. The van der Waals surface area contributed by atoms with Gasteiger partial charge in [-0.05, 0) is 35.6 Å². The number of hydrogen-bond acceptors (Lipinski definition) is 2. The smallest absolute Gasteiger partial charge is 0.261 e. The number of rotatable bonds is 5. The third-order valence-electron chi connectivity index (χ3n) is 3.71. The molecule has 1 amide bonds. The lowest BCUT2D eigenvalue weighted by Crippen LogP contribution is -2.35. The van der Waals surface area contributed by atoms with Gasteiger partial charge in [0, 0.05) is 6.54 Å². The Morgan fingerprint density at radius 1 is 1.04 bits per heavy atom. The second kappa shape index (κ2) is 7.32. The maximum Gasteiger partial charge on any atom is 0.261 e. The van der Waals surface area contributed by atoms with E-state index in [1.807, 2.05) is 54.6 Å². The molecule has 1 unspecified atom stereocenters. The first kappa shape index (κ1) is 17.1. The number of carbonyl (C=O) groups is 1. The molecule has 0 aliphatic rings. The maximum absolute atomic E-state index is 12.1. The van der Waals surface area contributed by atoms with Crippen LogP contribution in [0.3, 0.4) is 0 Å². The molecule has 0 aliphatic heterocycles. The van der Waals surface area contributed by atoms with E-state index in [0.717, 1.165) is 5.56 Å². The van der Waals surface area contributed by atoms with E-state index in [-0.39, 0.29) is 11.3 Å². The second-order valence-corrected chi connectivity index (χ2v) is 6.74. The molecule has 0 fully saturated rings. The summed E-state index contributed by atoms with van der Waals surface area (Å²) < 4.78 is 5.72. The Bertz CT molecular complexity index is 627. The number of nitrogens with one attached hydrogen (secondary N) is 1. The molecule has 1 atom stereocenters. The van der Waals surface area contributed by atoms with Gasteiger partial charge in [-0.2, -0.15) is 0 Å². The van der Waals surface area contributed by atoms with Gasteiger partial charge in [-0.15, -0.1) is 0 Å². The monoisotopic (exact) mass is 311 g/mol. The summed E-state index contributed by atoms with van der Waals surface area (Å²) in [6, 6.07) is 17.8. The predicted molar refractivity (Wildman–Crippen MR) is 93.5 cm³/mol. The molecule has 0 spiro atoms. The minimum absolute atomic E-state index is 0.108. The van der Waals surface area contributed by atoms with Crippen LogP contribution in [0.5, 0.6) is 5.75 Å². The van der Waals surface area contributed by atoms with Crippen LogP contribution in [0.2, 0.25) is 0 Å². The van der Waals surface area contributed by atoms with Crippen molar-refractivity contribution < 1.29 is 9.53 Å². The summed E-state index contributed by atoms with van der Waals surface area (Å²) in [6.07, 6.45) is -0.529. The lowest BCUT2D eigenvalue weighted by molar-refractivity contribution is -0.127. The summed E-state index contributed by atoms with van der Waals surface area (Å²) >= 11 is 0. The van der Waals surface area contributed by atoms with E-state index >= 15 is 0 Å². The molecule has 3 heteroatoms. The number of carbonyl (C=O) groups excluding carboxylic acids is 1. The molecule has 0 radical (unpaired) electrons. The molecule has 122 valence electrons. The molecular formula is C20H25NO2. The Kier molecular flexibility index (Phi) is 5.43. The number of amides is 1. The quantitative estimate of drug-likeness (QED) is 0.904. The van der Waals surface area contributed by atoms with Gasteiger partial charge in [-0.3, -0.25) is 4.79 Å². The van der Waals surface area contributed by atoms with Crippen molar-refractivity contribution in [1.29, 1.82) is 0 Å². The van der Waals surface area contributed by atoms with Crippen LogP contribution in [0.25, 0.3) is 0 Å². The summed E-state index contributed by atoms with van der Waals surface area (Å²) in [4.78, 5) is 12.1. The highest BCUT2D eigenvalue weighted by Gasteiger charge is 2.16. The first-order chi connectivity index (χ1) is 10.9. The van der Waals surface area contributed by atoms with Crippen LogP contribution < -0.4 is 10.1 Å². The molecule has 0 bridgehead atoms. The molecule has 1 N–H and O–H groups in total. The highest BCUT2D eigenvalue weighted by Crippen LogP contribution is 2.24. The molecule has 2 aromatic carbocycles. The van der Waals surface area contributed by atoms with E-state index in [1.165, 1.54) is 5.56 Å². The molecule has 0 saturated heterocycles. The summed E-state index contributed by atoms with van der Waals surface area (Å²) in [5.41, 5.74) is 2.42. The zero-order chi connectivity index (χ0) is 16.9. The fourth-order valence-electron chi connectivity index (χ4n) is 2.22. The molecule has 0 aliphatic carbocycles.